The average Bonchev–Trinajstić information content (AvgIpc) is 3.54. The number of aryl methyl sites for hydroxylation is 1. The van der Waals surface area contributed by atoms with Crippen LogP contribution in [0.4, 0.5) is 10.5 Å². The summed E-state index contributed by atoms with van der Waals surface area (Å²) in [6, 6.07) is 6.75. The number of fused-ring (bicyclic) bond motifs is 1. The number of nitrogens with zero attached hydrogens (tertiary/aromatic N) is 2. The summed E-state index contributed by atoms with van der Waals surface area (Å²) in [6.45, 7) is 7.81. The molecular weight excluding hydrogens is 538 g/mol. The van der Waals surface area contributed by atoms with E-state index in [2.05, 4.69) is 5.32 Å². The van der Waals surface area contributed by atoms with Crippen molar-refractivity contribution < 1.29 is 33.3 Å². The lowest BCUT2D eigenvalue weighted by Crippen LogP contribution is -2.49. The zero-order valence-corrected chi connectivity index (χ0v) is 25.8. The Kier molecular flexibility index (Phi) is 10.9. The fourth-order valence-corrected chi connectivity index (χ4v) is 6.22. The molecule has 0 bridgehead atoms. The number of carbonyl (C=O) groups excluding carboxylic acids is 3. The zero-order chi connectivity index (χ0) is 30.3. The van der Waals surface area contributed by atoms with E-state index in [1.54, 1.807) is 22.6 Å². The number of aromatic nitrogens is 1. The number of methoxy groups -OCH3 is 1. The van der Waals surface area contributed by atoms with Crippen molar-refractivity contribution in [2.24, 2.45) is 18.9 Å². The SMILES string of the molecule is COCCOCCCOC(=O)c1cc2cc(NC(=O)[C@@H]3[C@H](C4CCCCC4)CCN3C(=O)OC(C)(C)C)ccc2n1C. The highest BCUT2D eigenvalue weighted by atomic mass is 16.6. The number of rotatable bonds is 11. The number of likely N-dealkylation sites (tertiary alicyclic amines) is 1. The Morgan fingerprint density at radius 3 is 2.45 bits per heavy atom. The first kappa shape index (κ1) is 31.8. The Morgan fingerprint density at radius 1 is 0.976 bits per heavy atom. The smallest absolute Gasteiger partial charge is 0.410 e. The molecular formula is C32H47N3O7. The van der Waals surface area contributed by atoms with Crippen molar-refractivity contribution in [1.82, 2.24) is 9.47 Å². The van der Waals surface area contributed by atoms with Crippen molar-refractivity contribution in [3.8, 4) is 0 Å². The van der Waals surface area contributed by atoms with Crippen LogP contribution in [0.15, 0.2) is 24.3 Å². The molecule has 1 aromatic carbocycles. The van der Waals surface area contributed by atoms with Crippen LogP contribution in [0.3, 0.4) is 0 Å². The molecule has 1 aliphatic heterocycles. The average molecular weight is 586 g/mol. The molecule has 4 rings (SSSR count). The molecule has 0 unspecified atom stereocenters. The molecule has 2 aliphatic rings. The number of anilines is 1. The first-order valence-electron chi connectivity index (χ1n) is 15.2. The standard InChI is InChI=1S/C32H47N3O7/c1-32(2,3)42-31(38)35-15-14-25(22-10-7-6-8-11-22)28(35)29(36)33-24-12-13-26-23(20-24)21-27(34(26)4)30(37)41-17-9-16-40-19-18-39-5/h12-13,20-22,25,28H,6-11,14-19H2,1-5H3,(H,33,36)/t25-,28-/m0/s1. The highest BCUT2D eigenvalue weighted by Gasteiger charge is 2.46. The van der Waals surface area contributed by atoms with E-state index in [0.29, 0.717) is 50.1 Å². The minimum absolute atomic E-state index is 0.102. The molecule has 2 fully saturated rings. The van der Waals surface area contributed by atoms with Gasteiger partial charge in [0.2, 0.25) is 5.91 Å². The van der Waals surface area contributed by atoms with E-state index in [1.807, 2.05) is 46.0 Å². The number of esters is 1. The van der Waals surface area contributed by atoms with Gasteiger partial charge in [0.25, 0.3) is 0 Å². The van der Waals surface area contributed by atoms with Crippen LogP contribution in [-0.2, 0) is 30.8 Å². The molecule has 1 N–H and O–H groups in total. The summed E-state index contributed by atoms with van der Waals surface area (Å²) < 4.78 is 23.3. The van der Waals surface area contributed by atoms with Crippen LogP contribution in [0.25, 0.3) is 10.9 Å². The molecule has 10 heteroatoms. The molecule has 1 aliphatic carbocycles. The van der Waals surface area contributed by atoms with Crippen LogP contribution in [0.5, 0.6) is 0 Å². The van der Waals surface area contributed by atoms with Gasteiger partial charge in [0, 0.05) is 50.3 Å². The second-order valence-corrected chi connectivity index (χ2v) is 12.4. The largest absolute Gasteiger partial charge is 0.461 e. The Labute approximate surface area is 249 Å². The first-order valence-corrected chi connectivity index (χ1v) is 15.2. The summed E-state index contributed by atoms with van der Waals surface area (Å²) in [5, 5.41) is 3.89. The van der Waals surface area contributed by atoms with Crippen LogP contribution in [0.2, 0.25) is 0 Å². The monoisotopic (exact) mass is 585 g/mol. The maximum absolute atomic E-state index is 13.8. The lowest BCUT2D eigenvalue weighted by molar-refractivity contribution is -0.122. The molecule has 2 aromatic rings. The van der Waals surface area contributed by atoms with E-state index >= 15 is 0 Å². The normalized spacial score (nSPS) is 19.7. The molecule has 0 radical (unpaired) electrons. The summed E-state index contributed by atoms with van der Waals surface area (Å²) in [5.74, 6) is -0.0870. The summed E-state index contributed by atoms with van der Waals surface area (Å²) in [7, 11) is 3.44. The van der Waals surface area contributed by atoms with Crippen LogP contribution in [0, 0.1) is 11.8 Å². The minimum Gasteiger partial charge on any atom is -0.461 e. The number of carbonyl (C=O) groups is 3. The summed E-state index contributed by atoms with van der Waals surface area (Å²) in [5.41, 5.74) is 1.25. The number of ether oxygens (including phenoxy) is 4. The van der Waals surface area contributed by atoms with E-state index < -0.39 is 23.7 Å². The van der Waals surface area contributed by atoms with Gasteiger partial charge in [0.1, 0.15) is 17.3 Å². The van der Waals surface area contributed by atoms with E-state index in [4.69, 9.17) is 18.9 Å². The van der Waals surface area contributed by atoms with E-state index in [0.717, 1.165) is 30.2 Å². The van der Waals surface area contributed by atoms with Crippen molar-refractivity contribution in [1.29, 1.82) is 0 Å². The predicted molar refractivity (Wildman–Crippen MR) is 161 cm³/mol. The minimum atomic E-state index is -0.643. The van der Waals surface area contributed by atoms with Crippen molar-refractivity contribution in [3.05, 3.63) is 30.0 Å². The number of nitrogens with one attached hydrogen (secondary N) is 1. The summed E-state index contributed by atoms with van der Waals surface area (Å²) in [6.07, 6.45) is 6.69. The Hall–Kier alpha value is -3.11. The highest BCUT2D eigenvalue weighted by Crippen LogP contribution is 2.40. The number of hydrogen-bond donors (Lipinski definition) is 1. The molecule has 232 valence electrons. The Morgan fingerprint density at radius 2 is 1.74 bits per heavy atom. The first-order chi connectivity index (χ1) is 20.1. The second-order valence-electron chi connectivity index (χ2n) is 12.4. The van der Waals surface area contributed by atoms with Gasteiger partial charge in [-0.1, -0.05) is 32.1 Å². The van der Waals surface area contributed by atoms with Gasteiger partial charge >= 0.3 is 12.1 Å². The molecule has 10 nitrogen and oxygen atoms in total. The molecule has 0 spiro atoms. The third-order valence-electron chi connectivity index (χ3n) is 8.21. The molecule has 2 amide bonds. The van der Waals surface area contributed by atoms with Crippen molar-refractivity contribution >= 4 is 34.6 Å². The molecule has 2 atom stereocenters. The van der Waals surface area contributed by atoms with E-state index in [-0.39, 0.29) is 18.4 Å². The Balaban J connectivity index is 1.45. The fourth-order valence-electron chi connectivity index (χ4n) is 6.22. The summed E-state index contributed by atoms with van der Waals surface area (Å²) in [4.78, 5) is 41.4. The van der Waals surface area contributed by atoms with Crippen LogP contribution in [-0.4, -0.2) is 79.2 Å². The summed E-state index contributed by atoms with van der Waals surface area (Å²) >= 11 is 0. The number of benzene rings is 1. The van der Waals surface area contributed by atoms with Crippen molar-refractivity contribution in [2.45, 2.75) is 77.4 Å². The van der Waals surface area contributed by atoms with Crippen LogP contribution in [0.1, 0.15) is 76.2 Å². The van der Waals surface area contributed by atoms with Gasteiger partial charge in [-0.3, -0.25) is 9.69 Å². The van der Waals surface area contributed by atoms with Gasteiger partial charge in [0.05, 0.1) is 19.8 Å². The highest BCUT2D eigenvalue weighted by molar-refractivity contribution is 6.00. The van der Waals surface area contributed by atoms with E-state index in [1.165, 1.54) is 19.3 Å². The molecule has 1 saturated carbocycles. The van der Waals surface area contributed by atoms with Crippen molar-refractivity contribution in [2.75, 3.05) is 45.4 Å². The predicted octanol–water partition coefficient (Wildman–Crippen LogP) is 5.53. The fraction of sp³-hybridized carbons (Fsp3) is 0.656. The van der Waals surface area contributed by atoms with Gasteiger partial charge in [-0.25, -0.2) is 9.59 Å². The quantitative estimate of drug-likeness (QED) is 0.273. The second kappa shape index (κ2) is 14.4. The van der Waals surface area contributed by atoms with Gasteiger partial charge in [0.15, 0.2) is 0 Å². The van der Waals surface area contributed by atoms with E-state index in [9.17, 15) is 14.4 Å². The lowest BCUT2D eigenvalue weighted by Gasteiger charge is -2.34. The molecule has 42 heavy (non-hydrogen) atoms. The van der Waals surface area contributed by atoms with Crippen LogP contribution < -0.4 is 5.32 Å². The van der Waals surface area contributed by atoms with Gasteiger partial charge in [-0.15, -0.1) is 0 Å². The maximum atomic E-state index is 13.8. The van der Waals surface area contributed by atoms with Gasteiger partial charge < -0.3 is 28.8 Å². The van der Waals surface area contributed by atoms with Gasteiger partial charge in [-0.05, 0) is 63.3 Å². The third kappa shape index (κ3) is 8.04. The van der Waals surface area contributed by atoms with Gasteiger partial charge in [-0.2, -0.15) is 0 Å². The molecule has 1 aromatic heterocycles. The Bertz CT molecular complexity index is 1230. The molecule has 2 heterocycles. The number of amides is 2. The zero-order valence-electron chi connectivity index (χ0n) is 25.8. The third-order valence-corrected chi connectivity index (χ3v) is 8.21. The number of hydrogen-bond acceptors (Lipinski definition) is 7. The maximum Gasteiger partial charge on any atom is 0.410 e. The molecule has 1 saturated heterocycles. The van der Waals surface area contributed by atoms with Crippen molar-refractivity contribution in [3.63, 3.8) is 0 Å². The lowest BCUT2D eigenvalue weighted by atomic mass is 9.76. The topological polar surface area (TPSA) is 108 Å². The van der Waals surface area contributed by atoms with Crippen LogP contribution >= 0.6 is 0 Å².